The number of nitrogens with zero attached hydrogens (tertiary/aromatic N) is 2. The first kappa shape index (κ1) is 13.5. The molecule has 6 heteroatoms. The summed E-state index contributed by atoms with van der Waals surface area (Å²) in [4.78, 5) is 14.8. The second-order valence-corrected chi connectivity index (χ2v) is 5.21. The molecule has 100 valence electrons. The van der Waals surface area contributed by atoms with Gasteiger partial charge < -0.3 is 5.32 Å². The molecule has 0 aliphatic rings. The number of aromatic nitrogens is 1. The molecule has 1 atom stereocenters. The van der Waals surface area contributed by atoms with E-state index in [2.05, 4.69) is 10.3 Å². The number of hydrogen-bond acceptors (Lipinski definition) is 5. The molecule has 0 saturated heterocycles. The highest BCUT2D eigenvalue weighted by atomic mass is 32.1. The van der Waals surface area contributed by atoms with E-state index < -0.39 is 0 Å². The van der Waals surface area contributed by atoms with Crippen LogP contribution in [-0.4, -0.2) is 9.91 Å². The van der Waals surface area contributed by atoms with E-state index in [1.54, 1.807) is 29.8 Å². The second kappa shape index (κ2) is 5.36. The largest absolute Gasteiger partial charge is 0.377 e. The van der Waals surface area contributed by atoms with Gasteiger partial charge in [-0.25, -0.2) is 4.98 Å². The van der Waals surface area contributed by atoms with Crippen molar-refractivity contribution in [1.29, 1.82) is 0 Å². The Kier molecular flexibility index (Phi) is 3.80. The Morgan fingerprint density at radius 2 is 2.11 bits per heavy atom. The maximum atomic E-state index is 10.9. The lowest BCUT2D eigenvalue weighted by Gasteiger charge is -2.16. The molecule has 0 aliphatic carbocycles. The van der Waals surface area contributed by atoms with E-state index in [9.17, 15) is 10.1 Å². The Hall–Kier alpha value is -1.95. The van der Waals surface area contributed by atoms with Crippen LogP contribution in [0.3, 0.4) is 0 Å². The van der Waals surface area contributed by atoms with E-state index in [-0.39, 0.29) is 16.7 Å². The van der Waals surface area contributed by atoms with Crippen LogP contribution in [0.25, 0.3) is 0 Å². The molecule has 0 bridgehead atoms. The van der Waals surface area contributed by atoms with Crippen LogP contribution >= 0.6 is 11.3 Å². The predicted molar refractivity (Wildman–Crippen MR) is 76.7 cm³/mol. The first-order chi connectivity index (χ1) is 8.99. The zero-order chi connectivity index (χ0) is 14.0. The highest BCUT2D eigenvalue weighted by molar-refractivity contribution is 7.07. The number of nitro groups is 1. The molecule has 1 N–H and O–H groups in total. The molecule has 1 unspecified atom stereocenters. The standard InChI is InChI=1S/C13H15N3O2S/c1-8-5-13(16(17)18)9(2)4-11(8)15-10(3)12-6-19-7-14-12/h4-7,10,15H,1-3H3. The summed E-state index contributed by atoms with van der Waals surface area (Å²) in [6.07, 6.45) is 0. The van der Waals surface area contributed by atoms with Crippen molar-refractivity contribution in [2.24, 2.45) is 0 Å². The average molecular weight is 277 g/mol. The van der Waals surface area contributed by atoms with Crippen molar-refractivity contribution in [2.45, 2.75) is 26.8 Å². The van der Waals surface area contributed by atoms with Crippen molar-refractivity contribution < 1.29 is 4.92 Å². The first-order valence-corrected chi connectivity index (χ1v) is 6.83. The van der Waals surface area contributed by atoms with Gasteiger partial charge in [0.25, 0.3) is 5.69 Å². The Morgan fingerprint density at radius 3 is 2.68 bits per heavy atom. The lowest BCUT2D eigenvalue weighted by atomic mass is 10.1. The molecule has 1 aromatic heterocycles. The Labute approximate surface area is 115 Å². The van der Waals surface area contributed by atoms with Gasteiger partial charge in [0.05, 0.1) is 22.2 Å². The fraction of sp³-hybridized carbons (Fsp3) is 0.308. The summed E-state index contributed by atoms with van der Waals surface area (Å²) >= 11 is 1.55. The SMILES string of the molecule is Cc1cc([N+](=O)[O-])c(C)cc1NC(C)c1cscn1. The summed E-state index contributed by atoms with van der Waals surface area (Å²) in [6.45, 7) is 5.63. The van der Waals surface area contributed by atoms with Crippen LogP contribution in [-0.2, 0) is 0 Å². The average Bonchev–Trinajstić information content (AvgIpc) is 2.86. The van der Waals surface area contributed by atoms with Crippen LogP contribution in [0.1, 0.15) is 29.8 Å². The van der Waals surface area contributed by atoms with Crippen LogP contribution in [0.2, 0.25) is 0 Å². The molecule has 5 nitrogen and oxygen atoms in total. The third-order valence-electron chi connectivity index (χ3n) is 3.01. The zero-order valence-electron chi connectivity index (χ0n) is 11.0. The number of benzene rings is 1. The maximum Gasteiger partial charge on any atom is 0.272 e. The molecule has 19 heavy (non-hydrogen) atoms. The number of nitrogens with one attached hydrogen (secondary N) is 1. The van der Waals surface area contributed by atoms with E-state index in [1.807, 2.05) is 25.3 Å². The van der Waals surface area contributed by atoms with Gasteiger partial charge in [-0.15, -0.1) is 11.3 Å². The Morgan fingerprint density at radius 1 is 1.37 bits per heavy atom. The molecule has 0 saturated carbocycles. The summed E-state index contributed by atoms with van der Waals surface area (Å²) < 4.78 is 0. The molecule has 0 radical (unpaired) electrons. The first-order valence-electron chi connectivity index (χ1n) is 5.89. The van der Waals surface area contributed by atoms with Gasteiger partial charge in [-0.2, -0.15) is 0 Å². The third-order valence-corrected chi connectivity index (χ3v) is 3.61. The molecule has 1 aromatic carbocycles. The zero-order valence-corrected chi connectivity index (χ0v) is 11.8. The Bertz CT molecular complexity index is 596. The summed E-state index contributed by atoms with van der Waals surface area (Å²) in [5.74, 6) is 0. The number of hydrogen-bond donors (Lipinski definition) is 1. The molecular formula is C13H15N3O2S. The lowest BCUT2D eigenvalue weighted by Crippen LogP contribution is -2.08. The highest BCUT2D eigenvalue weighted by Crippen LogP contribution is 2.28. The van der Waals surface area contributed by atoms with Crippen molar-refractivity contribution in [1.82, 2.24) is 4.98 Å². The lowest BCUT2D eigenvalue weighted by molar-refractivity contribution is -0.385. The number of aryl methyl sites for hydroxylation is 2. The van der Waals surface area contributed by atoms with Crippen LogP contribution < -0.4 is 5.32 Å². The smallest absolute Gasteiger partial charge is 0.272 e. The molecule has 2 aromatic rings. The fourth-order valence-corrected chi connectivity index (χ4v) is 2.54. The van der Waals surface area contributed by atoms with Gasteiger partial charge in [0.2, 0.25) is 0 Å². The number of nitro benzene ring substituents is 1. The number of thiazole rings is 1. The molecule has 1 heterocycles. The number of rotatable bonds is 4. The van der Waals surface area contributed by atoms with Crippen LogP contribution in [0.5, 0.6) is 0 Å². The second-order valence-electron chi connectivity index (χ2n) is 4.49. The molecule has 0 spiro atoms. The maximum absolute atomic E-state index is 10.9. The normalized spacial score (nSPS) is 12.2. The van der Waals surface area contributed by atoms with Gasteiger partial charge in [-0.3, -0.25) is 10.1 Å². The van der Waals surface area contributed by atoms with E-state index in [4.69, 9.17) is 0 Å². The van der Waals surface area contributed by atoms with Crippen molar-refractivity contribution in [3.63, 3.8) is 0 Å². The van der Waals surface area contributed by atoms with Gasteiger partial charge >= 0.3 is 0 Å². The molecule has 0 fully saturated rings. The van der Waals surface area contributed by atoms with Gasteiger partial charge in [0.15, 0.2) is 0 Å². The minimum atomic E-state index is -0.351. The summed E-state index contributed by atoms with van der Waals surface area (Å²) in [6, 6.07) is 3.49. The summed E-state index contributed by atoms with van der Waals surface area (Å²) in [5, 5.41) is 16.2. The van der Waals surface area contributed by atoms with Gasteiger partial charge in [0, 0.05) is 22.7 Å². The summed E-state index contributed by atoms with van der Waals surface area (Å²) in [5.41, 5.74) is 5.35. The van der Waals surface area contributed by atoms with E-state index >= 15 is 0 Å². The summed E-state index contributed by atoms with van der Waals surface area (Å²) in [7, 11) is 0. The topological polar surface area (TPSA) is 68.1 Å². The van der Waals surface area contributed by atoms with Crippen molar-refractivity contribution >= 4 is 22.7 Å². The van der Waals surface area contributed by atoms with Crippen molar-refractivity contribution in [2.75, 3.05) is 5.32 Å². The van der Waals surface area contributed by atoms with Gasteiger partial charge in [-0.05, 0) is 32.4 Å². The predicted octanol–water partition coefficient (Wildman–Crippen LogP) is 3.84. The monoisotopic (exact) mass is 277 g/mol. The minimum Gasteiger partial charge on any atom is -0.377 e. The van der Waals surface area contributed by atoms with Gasteiger partial charge in [-0.1, -0.05) is 0 Å². The third kappa shape index (κ3) is 2.90. The molecule has 0 aliphatic heterocycles. The molecular weight excluding hydrogens is 262 g/mol. The van der Waals surface area contributed by atoms with E-state index in [0.717, 1.165) is 16.9 Å². The van der Waals surface area contributed by atoms with Crippen molar-refractivity contribution in [3.8, 4) is 0 Å². The Balaban J connectivity index is 2.26. The highest BCUT2D eigenvalue weighted by Gasteiger charge is 2.15. The quantitative estimate of drug-likeness (QED) is 0.681. The molecule has 2 rings (SSSR count). The van der Waals surface area contributed by atoms with Crippen LogP contribution in [0.4, 0.5) is 11.4 Å². The van der Waals surface area contributed by atoms with Crippen molar-refractivity contribution in [3.05, 3.63) is 50.0 Å². The minimum absolute atomic E-state index is 0.0748. The van der Waals surface area contributed by atoms with E-state index in [0.29, 0.717) is 5.56 Å². The molecule has 0 amide bonds. The van der Waals surface area contributed by atoms with E-state index in [1.165, 1.54) is 0 Å². The van der Waals surface area contributed by atoms with Gasteiger partial charge in [0.1, 0.15) is 0 Å². The van der Waals surface area contributed by atoms with Crippen LogP contribution in [0, 0.1) is 24.0 Å². The fourth-order valence-electron chi connectivity index (χ4n) is 1.90. The van der Waals surface area contributed by atoms with Crippen LogP contribution in [0.15, 0.2) is 23.0 Å². The number of anilines is 1.